The average Bonchev–Trinajstić information content (AvgIpc) is 2.81. The lowest BCUT2D eigenvalue weighted by Gasteiger charge is -2.49. The summed E-state index contributed by atoms with van der Waals surface area (Å²) in [5.41, 5.74) is 1.42. The zero-order valence-electron chi connectivity index (χ0n) is 18.8. The fourth-order valence-electron chi connectivity index (χ4n) is 4.98. The molecular weight excluding hydrogens is 449 g/mol. The number of aliphatic carboxylic acids is 1. The summed E-state index contributed by atoms with van der Waals surface area (Å²) in [7, 11) is 0. The number of fused-ring (bicyclic) bond motifs is 3. The van der Waals surface area contributed by atoms with Crippen molar-refractivity contribution in [2.45, 2.75) is 50.7 Å². The number of nitrogens with one attached hydrogen (secondary N) is 1. The number of benzene rings is 1. The Balaban J connectivity index is 1.44. The second-order valence-corrected chi connectivity index (χ2v) is 9.04. The molecular formula is C24H27F3N4O3. The van der Waals surface area contributed by atoms with Crippen LogP contribution in [0, 0.1) is 12.8 Å². The van der Waals surface area contributed by atoms with E-state index in [4.69, 9.17) is 5.11 Å². The third-order valence-electron chi connectivity index (χ3n) is 6.73. The van der Waals surface area contributed by atoms with E-state index < -0.39 is 17.7 Å². The first-order valence-electron chi connectivity index (χ1n) is 11.4. The number of carboxylic acids is 1. The number of aromatic nitrogens is 2. The van der Waals surface area contributed by atoms with Gasteiger partial charge in [-0.15, -0.1) is 0 Å². The van der Waals surface area contributed by atoms with Crippen LogP contribution in [0.4, 0.5) is 13.2 Å². The van der Waals surface area contributed by atoms with Gasteiger partial charge in [-0.1, -0.05) is 12.1 Å². The maximum absolute atomic E-state index is 12.9. The minimum absolute atomic E-state index is 0.0267. The van der Waals surface area contributed by atoms with E-state index >= 15 is 0 Å². The molecule has 4 atom stereocenters. The van der Waals surface area contributed by atoms with Crippen LogP contribution in [0.1, 0.15) is 48.7 Å². The van der Waals surface area contributed by atoms with Gasteiger partial charge in [-0.25, -0.2) is 9.97 Å². The van der Waals surface area contributed by atoms with Gasteiger partial charge in [0.25, 0.3) is 0 Å². The number of hydrogen-bond donors (Lipinski definition) is 2. The molecule has 10 heteroatoms. The monoisotopic (exact) mass is 476 g/mol. The van der Waals surface area contributed by atoms with Crippen LogP contribution < -0.4 is 5.32 Å². The average molecular weight is 476 g/mol. The standard InChI is InChI=1S/C24H27F3N4O3/c1-14-29-20(15-2-4-17(5-3-15)24(25,26)27)11-21(30-14)19-13-31-9-8-16(19)10-18(31)12-28-22(32)6-7-23(33)34/h2-5,11,16,18-19H,6-10,12-13H2,1H3,(H,28,32)(H,33,34). The van der Waals surface area contributed by atoms with E-state index in [1.807, 2.05) is 6.07 Å². The summed E-state index contributed by atoms with van der Waals surface area (Å²) in [6.45, 7) is 3.98. The van der Waals surface area contributed by atoms with Gasteiger partial charge in [0, 0.05) is 42.7 Å². The van der Waals surface area contributed by atoms with E-state index in [0.717, 1.165) is 43.8 Å². The van der Waals surface area contributed by atoms with Gasteiger partial charge >= 0.3 is 12.1 Å². The number of carboxylic acid groups (broad SMARTS) is 1. The Morgan fingerprint density at radius 2 is 1.91 bits per heavy atom. The minimum Gasteiger partial charge on any atom is -0.481 e. The molecule has 0 radical (unpaired) electrons. The molecule has 7 nitrogen and oxygen atoms in total. The van der Waals surface area contributed by atoms with Crippen LogP contribution in [0.5, 0.6) is 0 Å². The largest absolute Gasteiger partial charge is 0.481 e. The van der Waals surface area contributed by atoms with Gasteiger partial charge in [-0.2, -0.15) is 13.2 Å². The molecule has 4 heterocycles. The van der Waals surface area contributed by atoms with E-state index in [1.165, 1.54) is 12.1 Å². The number of carbonyl (C=O) groups is 2. The van der Waals surface area contributed by atoms with Crippen molar-refractivity contribution in [1.82, 2.24) is 20.2 Å². The number of halogens is 3. The van der Waals surface area contributed by atoms with Crippen molar-refractivity contribution in [1.29, 1.82) is 0 Å². The first kappa shape index (κ1) is 24.1. The van der Waals surface area contributed by atoms with Gasteiger partial charge in [0.1, 0.15) is 5.82 Å². The molecule has 182 valence electrons. The molecule has 34 heavy (non-hydrogen) atoms. The summed E-state index contributed by atoms with van der Waals surface area (Å²) in [5.74, 6) is -0.113. The topological polar surface area (TPSA) is 95.4 Å². The van der Waals surface area contributed by atoms with E-state index in [0.29, 0.717) is 29.5 Å². The number of hydrogen-bond acceptors (Lipinski definition) is 5. The van der Waals surface area contributed by atoms with Crippen molar-refractivity contribution in [3.05, 3.63) is 47.4 Å². The highest BCUT2D eigenvalue weighted by Crippen LogP contribution is 2.41. The van der Waals surface area contributed by atoms with Gasteiger partial charge in [-0.3, -0.25) is 14.5 Å². The molecule has 0 aliphatic carbocycles. The van der Waals surface area contributed by atoms with Crippen molar-refractivity contribution in [3.8, 4) is 11.3 Å². The third kappa shape index (κ3) is 5.55. The maximum Gasteiger partial charge on any atom is 0.416 e. The minimum atomic E-state index is -4.38. The number of carbonyl (C=O) groups excluding carboxylic acids is 1. The highest BCUT2D eigenvalue weighted by Gasteiger charge is 2.41. The fourth-order valence-corrected chi connectivity index (χ4v) is 4.98. The molecule has 1 aromatic carbocycles. The van der Waals surface area contributed by atoms with Gasteiger partial charge in [0.15, 0.2) is 0 Å². The van der Waals surface area contributed by atoms with Gasteiger partial charge in [0.05, 0.1) is 17.7 Å². The zero-order chi connectivity index (χ0) is 24.5. The smallest absolute Gasteiger partial charge is 0.416 e. The van der Waals surface area contributed by atoms with E-state index in [2.05, 4.69) is 20.2 Å². The lowest BCUT2D eigenvalue weighted by Crippen LogP contribution is -2.56. The van der Waals surface area contributed by atoms with Gasteiger partial charge < -0.3 is 10.4 Å². The van der Waals surface area contributed by atoms with E-state index in [9.17, 15) is 22.8 Å². The molecule has 3 fully saturated rings. The molecule has 1 aromatic heterocycles. The normalized spacial score (nSPS) is 24.1. The van der Waals surface area contributed by atoms with Crippen LogP contribution in [-0.4, -0.2) is 57.5 Å². The van der Waals surface area contributed by atoms with E-state index in [1.54, 1.807) is 6.92 Å². The Hall–Kier alpha value is -3.01. The van der Waals surface area contributed by atoms with Gasteiger partial charge in [-0.05, 0) is 50.4 Å². The molecule has 2 bridgehead atoms. The number of aryl methyl sites for hydroxylation is 1. The van der Waals surface area contributed by atoms with Crippen molar-refractivity contribution in [2.75, 3.05) is 19.6 Å². The first-order chi connectivity index (χ1) is 16.1. The second kappa shape index (κ2) is 9.69. The molecule has 0 spiro atoms. The van der Waals surface area contributed by atoms with Crippen LogP contribution in [0.2, 0.25) is 0 Å². The highest BCUT2D eigenvalue weighted by molar-refractivity contribution is 5.80. The van der Waals surface area contributed by atoms with Crippen molar-refractivity contribution in [3.63, 3.8) is 0 Å². The predicted molar refractivity (Wildman–Crippen MR) is 118 cm³/mol. The molecule has 3 saturated heterocycles. The molecule has 3 aliphatic rings. The van der Waals surface area contributed by atoms with Crippen LogP contribution >= 0.6 is 0 Å². The number of nitrogens with zero attached hydrogens (tertiary/aromatic N) is 3. The lowest BCUT2D eigenvalue weighted by atomic mass is 9.74. The predicted octanol–water partition coefficient (Wildman–Crippen LogP) is 3.63. The Labute approximate surface area is 195 Å². The first-order valence-corrected chi connectivity index (χ1v) is 11.4. The van der Waals surface area contributed by atoms with Crippen molar-refractivity contribution in [2.24, 2.45) is 5.92 Å². The zero-order valence-corrected chi connectivity index (χ0v) is 18.8. The molecule has 2 aromatic rings. The lowest BCUT2D eigenvalue weighted by molar-refractivity contribution is -0.139. The molecule has 3 aliphatic heterocycles. The molecule has 0 saturated carbocycles. The quantitative estimate of drug-likeness (QED) is 0.634. The Morgan fingerprint density at radius 1 is 1.18 bits per heavy atom. The fraction of sp³-hybridized carbons (Fsp3) is 0.500. The molecule has 1 amide bonds. The summed E-state index contributed by atoms with van der Waals surface area (Å²) in [6.07, 6.45) is -2.69. The van der Waals surface area contributed by atoms with Crippen LogP contribution in [0.15, 0.2) is 30.3 Å². The van der Waals surface area contributed by atoms with Gasteiger partial charge in [0.2, 0.25) is 5.91 Å². The highest BCUT2D eigenvalue weighted by atomic mass is 19.4. The molecule has 4 unspecified atom stereocenters. The summed E-state index contributed by atoms with van der Waals surface area (Å²) >= 11 is 0. The summed E-state index contributed by atoms with van der Waals surface area (Å²) < 4.78 is 38.7. The second-order valence-electron chi connectivity index (χ2n) is 9.04. The maximum atomic E-state index is 12.9. The summed E-state index contributed by atoms with van der Waals surface area (Å²) in [6, 6.07) is 7.08. The Bertz CT molecular complexity index is 1060. The van der Waals surface area contributed by atoms with Crippen LogP contribution in [-0.2, 0) is 15.8 Å². The summed E-state index contributed by atoms with van der Waals surface area (Å²) in [5, 5.41) is 11.6. The SMILES string of the molecule is Cc1nc(-c2ccc(C(F)(F)F)cc2)cc(C2CN3CCC2CC3CNC(=O)CCC(=O)O)n1. The number of piperidine rings is 3. The molecule has 5 rings (SSSR count). The van der Waals surface area contributed by atoms with E-state index in [-0.39, 0.29) is 30.7 Å². The Morgan fingerprint density at radius 3 is 2.53 bits per heavy atom. The van der Waals surface area contributed by atoms with Crippen LogP contribution in [0.25, 0.3) is 11.3 Å². The number of alkyl halides is 3. The third-order valence-corrected chi connectivity index (χ3v) is 6.73. The number of amides is 1. The molecule has 2 N–H and O–H groups in total. The Kier molecular flexibility index (Phi) is 6.88. The van der Waals surface area contributed by atoms with Crippen molar-refractivity contribution >= 4 is 11.9 Å². The summed E-state index contributed by atoms with van der Waals surface area (Å²) in [4.78, 5) is 34.0. The number of rotatable bonds is 7. The van der Waals surface area contributed by atoms with Crippen LogP contribution in [0.3, 0.4) is 0 Å². The van der Waals surface area contributed by atoms with Crippen molar-refractivity contribution < 1.29 is 27.9 Å².